The molecule has 0 radical (unpaired) electrons. The second-order valence-corrected chi connectivity index (χ2v) is 4.95. The highest BCUT2D eigenvalue weighted by Gasteiger charge is 2.38. The van der Waals surface area contributed by atoms with E-state index >= 15 is 0 Å². The highest BCUT2D eigenvalue weighted by atomic mass is 16.6. The smallest absolute Gasteiger partial charge is 0.327 e. The van der Waals surface area contributed by atoms with Crippen LogP contribution in [0.3, 0.4) is 0 Å². The third kappa shape index (κ3) is 2.64. The maximum atomic E-state index is 12.5. The summed E-state index contributed by atoms with van der Waals surface area (Å²) >= 11 is 0. The molecule has 2 aliphatic heterocycles. The Morgan fingerprint density at radius 3 is 2.81 bits per heavy atom. The summed E-state index contributed by atoms with van der Waals surface area (Å²) in [5.74, 6) is -0.271. The molecule has 1 aromatic rings. The fourth-order valence-electron chi connectivity index (χ4n) is 2.51. The minimum Gasteiger partial charge on any atom is -0.485 e. The monoisotopic (exact) mass is 292 g/mol. The van der Waals surface area contributed by atoms with Crippen molar-refractivity contribution in [2.45, 2.75) is 12.1 Å². The van der Waals surface area contributed by atoms with E-state index in [1.807, 2.05) is 6.07 Å². The van der Waals surface area contributed by atoms with Crippen LogP contribution in [0.1, 0.15) is 0 Å². The summed E-state index contributed by atoms with van der Waals surface area (Å²) in [6.45, 7) is 1.24. The Balaban J connectivity index is 1.75. The van der Waals surface area contributed by atoms with Crippen molar-refractivity contribution in [1.29, 1.82) is 0 Å². The number of para-hydroxylation sites is 2. The van der Waals surface area contributed by atoms with E-state index < -0.39 is 18.1 Å². The first-order chi connectivity index (χ1) is 10.2. The maximum absolute atomic E-state index is 12.5. The highest BCUT2D eigenvalue weighted by Crippen LogP contribution is 2.31. The topological polar surface area (TPSA) is 88.1 Å². The number of carbonyl (C=O) groups is 2. The average Bonchev–Trinajstić information content (AvgIpc) is 2.53. The van der Waals surface area contributed by atoms with Crippen molar-refractivity contribution < 1.29 is 24.2 Å². The molecule has 1 saturated heterocycles. The second kappa shape index (κ2) is 5.61. The number of carboxylic acid groups (broad SMARTS) is 1. The third-order valence-electron chi connectivity index (χ3n) is 3.60. The Morgan fingerprint density at radius 2 is 2.05 bits per heavy atom. The summed E-state index contributed by atoms with van der Waals surface area (Å²) in [7, 11) is 0. The number of amides is 1. The third-order valence-corrected chi connectivity index (χ3v) is 3.60. The molecule has 1 fully saturated rings. The molecule has 0 aliphatic carbocycles. The van der Waals surface area contributed by atoms with Crippen molar-refractivity contribution in [2.75, 3.05) is 26.2 Å². The van der Waals surface area contributed by atoms with E-state index in [1.165, 1.54) is 4.90 Å². The van der Waals surface area contributed by atoms with Gasteiger partial charge in [0.05, 0.1) is 0 Å². The molecule has 3 rings (SSSR count). The normalized spacial score (nSPS) is 24.5. The number of benzene rings is 1. The molecule has 7 nitrogen and oxygen atoms in total. The molecule has 2 N–H and O–H groups in total. The number of hydrogen-bond donors (Lipinski definition) is 2. The lowest BCUT2D eigenvalue weighted by molar-refractivity contribution is -0.155. The van der Waals surface area contributed by atoms with Crippen LogP contribution in [0.4, 0.5) is 0 Å². The molecule has 21 heavy (non-hydrogen) atoms. The summed E-state index contributed by atoms with van der Waals surface area (Å²) < 4.78 is 11.2. The van der Waals surface area contributed by atoms with Gasteiger partial charge < -0.3 is 24.8 Å². The minimum atomic E-state index is -1.02. The molecule has 1 aromatic carbocycles. The number of hydrogen-bond acceptors (Lipinski definition) is 5. The zero-order valence-corrected chi connectivity index (χ0v) is 11.3. The van der Waals surface area contributed by atoms with E-state index in [2.05, 4.69) is 5.32 Å². The van der Waals surface area contributed by atoms with Crippen LogP contribution in [-0.4, -0.2) is 60.3 Å². The number of carboxylic acids is 1. The first kappa shape index (κ1) is 13.7. The number of nitrogens with zero attached hydrogens (tertiary/aromatic N) is 1. The second-order valence-electron chi connectivity index (χ2n) is 4.95. The van der Waals surface area contributed by atoms with Crippen molar-refractivity contribution in [1.82, 2.24) is 10.2 Å². The van der Waals surface area contributed by atoms with Gasteiger partial charge >= 0.3 is 5.97 Å². The molecule has 1 amide bonds. The van der Waals surface area contributed by atoms with Crippen molar-refractivity contribution in [3.8, 4) is 11.5 Å². The van der Waals surface area contributed by atoms with E-state index in [9.17, 15) is 14.7 Å². The fourth-order valence-corrected chi connectivity index (χ4v) is 2.51. The zero-order valence-electron chi connectivity index (χ0n) is 11.3. The van der Waals surface area contributed by atoms with Crippen molar-refractivity contribution in [3.63, 3.8) is 0 Å². The molecule has 7 heteroatoms. The first-order valence-electron chi connectivity index (χ1n) is 6.79. The van der Waals surface area contributed by atoms with Gasteiger partial charge in [-0.2, -0.15) is 0 Å². The van der Waals surface area contributed by atoms with Crippen LogP contribution in [0.15, 0.2) is 24.3 Å². The van der Waals surface area contributed by atoms with Gasteiger partial charge in [0.15, 0.2) is 11.5 Å². The molecule has 2 heterocycles. The molecule has 0 unspecified atom stereocenters. The van der Waals surface area contributed by atoms with Gasteiger partial charge in [0.2, 0.25) is 6.10 Å². The summed E-state index contributed by atoms with van der Waals surface area (Å²) in [4.78, 5) is 25.1. The quantitative estimate of drug-likeness (QED) is 0.779. The van der Waals surface area contributed by atoms with Crippen LogP contribution < -0.4 is 14.8 Å². The summed E-state index contributed by atoms with van der Waals surface area (Å²) in [5.41, 5.74) is 0. The lowest BCUT2D eigenvalue weighted by Crippen LogP contribution is -2.60. The van der Waals surface area contributed by atoms with E-state index in [0.29, 0.717) is 24.6 Å². The molecule has 0 spiro atoms. The fraction of sp³-hybridized carbons (Fsp3) is 0.429. The standard InChI is InChI=1S/C14H16N2O5/c17-13(16-6-5-15-7-9(16)14(18)19)12-8-20-10-3-1-2-4-11(10)21-12/h1-4,9,12,15H,5-8H2,(H,18,19)/t9-,12-/m1/s1. The number of ether oxygens (including phenoxy) is 2. The summed E-state index contributed by atoms with van der Waals surface area (Å²) in [5, 5.41) is 12.2. The Bertz CT molecular complexity index is 562. The Hall–Kier alpha value is -2.28. The molecular weight excluding hydrogens is 276 g/mol. The highest BCUT2D eigenvalue weighted by molar-refractivity contribution is 5.87. The van der Waals surface area contributed by atoms with E-state index in [4.69, 9.17) is 9.47 Å². The van der Waals surface area contributed by atoms with Gasteiger partial charge in [-0.25, -0.2) is 4.79 Å². The molecule has 0 bridgehead atoms. The predicted molar refractivity (Wildman–Crippen MR) is 72.4 cm³/mol. The SMILES string of the molecule is O=C(O)[C@H]1CNCCN1C(=O)[C@H]1COc2ccccc2O1. The molecule has 2 atom stereocenters. The summed E-state index contributed by atoms with van der Waals surface area (Å²) in [6, 6.07) is 6.23. The maximum Gasteiger partial charge on any atom is 0.327 e. The van der Waals surface area contributed by atoms with E-state index in [-0.39, 0.29) is 19.1 Å². The Kier molecular flexibility index (Phi) is 3.66. The Labute approximate surface area is 121 Å². The van der Waals surface area contributed by atoms with E-state index in [1.54, 1.807) is 18.2 Å². The number of nitrogens with one attached hydrogen (secondary N) is 1. The Morgan fingerprint density at radius 1 is 1.29 bits per heavy atom. The number of fused-ring (bicyclic) bond motifs is 1. The molecular formula is C14H16N2O5. The number of rotatable bonds is 2. The van der Waals surface area contributed by atoms with Crippen LogP contribution >= 0.6 is 0 Å². The largest absolute Gasteiger partial charge is 0.485 e. The van der Waals surface area contributed by atoms with Crippen LogP contribution in [0.5, 0.6) is 11.5 Å². The van der Waals surface area contributed by atoms with Crippen LogP contribution in [0, 0.1) is 0 Å². The van der Waals surface area contributed by atoms with Gasteiger partial charge in [-0.3, -0.25) is 4.79 Å². The van der Waals surface area contributed by atoms with Crippen molar-refractivity contribution >= 4 is 11.9 Å². The predicted octanol–water partition coefficient (Wildman–Crippen LogP) is -0.289. The molecule has 0 saturated carbocycles. The van der Waals surface area contributed by atoms with Gasteiger partial charge in [-0.15, -0.1) is 0 Å². The minimum absolute atomic E-state index is 0.0894. The van der Waals surface area contributed by atoms with Crippen molar-refractivity contribution in [2.24, 2.45) is 0 Å². The number of aliphatic carboxylic acids is 1. The van der Waals surface area contributed by atoms with Gasteiger partial charge in [0, 0.05) is 19.6 Å². The molecule has 0 aromatic heterocycles. The van der Waals surface area contributed by atoms with Crippen molar-refractivity contribution in [3.05, 3.63) is 24.3 Å². The van der Waals surface area contributed by atoms with Crippen LogP contribution in [0.2, 0.25) is 0 Å². The lowest BCUT2D eigenvalue weighted by atomic mass is 10.1. The number of carbonyl (C=O) groups excluding carboxylic acids is 1. The lowest BCUT2D eigenvalue weighted by Gasteiger charge is -2.36. The summed E-state index contributed by atoms with van der Waals surface area (Å²) in [6.07, 6.45) is -0.806. The van der Waals surface area contributed by atoms with Gasteiger partial charge in [0.1, 0.15) is 12.6 Å². The van der Waals surface area contributed by atoms with Gasteiger partial charge in [-0.1, -0.05) is 12.1 Å². The van der Waals surface area contributed by atoms with Crippen LogP contribution in [-0.2, 0) is 9.59 Å². The first-order valence-corrected chi connectivity index (χ1v) is 6.79. The van der Waals surface area contributed by atoms with Crippen LogP contribution in [0.25, 0.3) is 0 Å². The average molecular weight is 292 g/mol. The zero-order chi connectivity index (χ0) is 14.8. The molecule has 2 aliphatic rings. The number of piperazine rings is 1. The molecule has 112 valence electrons. The van der Waals surface area contributed by atoms with E-state index in [0.717, 1.165) is 0 Å². The van der Waals surface area contributed by atoms with Gasteiger partial charge in [-0.05, 0) is 12.1 Å². The van der Waals surface area contributed by atoms with Gasteiger partial charge in [0.25, 0.3) is 5.91 Å².